The van der Waals surface area contributed by atoms with Gasteiger partial charge in [-0.1, -0.05) is 38.1 Å². The van der Waals surface area contributed by atoms with Gasteiger partial charge in [-0.05, 0) is 42.0 Å². The van der Waals surface area contributed by atoms with Gasteiger partial charge in [0.15, 0.2) is 36.6 Å². The van der Waals surface area contributed by atoms with Crippen LogP contribution in [0.15, 0.2) is 61.1 Å². The largest absolute Gasteiger partial charge is 0.508 e. The van der Waals surface area contributed by atoms with Crippen LogP contribution in [0.2, 0.25) is 0 Å². The number of benzene rings is 2. The quantitative estimate of drug-likeness (QED) is 0.105. The molecular weight excluding hydrogens is 908 g/mol. The van der Waals surface area contributed by atoms with Crippen LogP contribution in [0.4, 0.5) is 24.0 Å². The molecule has 6 atom stereocenters. The zero-order chi connectivity index (χ0) is 47.9. The third kappa shape index (κ3) is 14.8. The summed E-state index contributed by atoms with van der Waals surface area (Å²) in [6.07, 6.45) is -6.53. The van der Waals surface area contributed by atoms with Gasteiger partial charge in [0.2, 0.25) is 0 Å². The summed E-state index contributed by atoms with van der Waals surface area (Å²) in [6, 6.07) is 16.0. The van der Waals surface area contributed by atoms with Crippen molar-refractivity contribution in [3.05, 3.63) is 72.2 Å². The molecule has 6 aliphatic heterocycles. The van der Waals surface area contributed by atoms with E-state index in [0.717, 1.165) is 16.9 Å². The molecule has 23 heteroatoms. The lowest BCUT2D eigenvalue weighted by Crippen LogP contribution is -2.44. The fourth-order valence-corrected chi connectivity index (χ4v) is 7.12. The number of ether oxygens (including phenoxy) is 18. The Balaban J connectivity index is 0.000000204. The molecule has 68 heavy (non-hydrogen) atoms. The normalized spacial score (nSPS) is 24.7. The number of cyclic esters (lactones) is 10. The van der Waals surface area contributed by atoms with E-state index >= 15 is 0 Å². The third-order valence-electron chi connectivity index (χ3n) is 10.8. The lowest BCUT2D eigenvalue weighted by molar-refractivity contribution is -0.127. The van der Waals surface area contributed by atoms with Crippen molar-refractivity contribution in [2.45, 2.75) is 55.9 Å². The minimum Gasteiger partial charge on any atom is -0.490 e. The highest BCUT2D eigenvalue weighted by molar-refractivity contribution is 5.63. The van der Waals surface area contributed by atoms with E-state index in [1.54, 1.807) is 0 Å². The van der Waals surface area contributed by atoms with Gasteiger partial charge in [0.05, 0.1) is 58.3 Å². The van der Waals surface area contributed by atoms with Crippen LogP contribution in [0.1, 0.15) is 25.0 Å². The first-order valence-corrected chi connectivity index (χ1v) is 21.7. The molecule has 2 aromatic carbocycles. The average Bonchev–Trinajstić information content (AvgIpc) is 4.21. The van der Waals surface area contributed by atoms with Crippen LogP contribution in [-0.4, -0.2) is 173 Å². The van der Waals surface area contributed by atoms with Crippen molar-refractivity contribution in [2.24, 2.45) is 5.41 Å². The average molecular weight is 963 g/mol. The predicted molar refractivity (Wildman–Crippen MR) is 223 cm³/mol. The zero-order valence-corrected chi connectivity index (χ0v) is 37.5. The molecule has 0 spiro atoms. The summed E-state index contributed by atoms with van der Waals surface area (Å²) in [5.74, 6) is 1.84. The fraction of sp³-hybridized carbons (Fsp3) is 0.578. The second-order valence-electron chi connectivity index (χ2n) is 16.8. The monoisotopic (exact) mass is 962 g/mol. The number of carbonyl (C=O) groups excluding carboxylic acids is 5. The van der Waals surface area contributed by atoms with E-state index in [1.165, 1.54) is 0 Å². The minimum atomic E-state index is -0.931. The Kier molecular flexibility index (Phi) is 17.1. The maximum absolute atomic E-state index is 11.2. The number of hydrogen-bond acceptors (Lipinski definition) is 23. The Bertz CT molecular complexity index is 1810. The fourth-order valence-electron chi connectivity index (χ4n) is 7.12. The summed E-state index contributed by atoms with van der Waals surface area (Å²) in [5.41, 5.74) is 1.18. The van der Waals surface area contributed by atoms with Gasteiger partial charge in [-0.15, -0.1) is 0 Å². The first-order valence-electron chi connectivity index (χ1n) is 21.7. The summed E-state index contributed by atoms with van der Waals surface area (Å²) in [5, 5.41) is 0. The van der Waals surface area contributed by atoms with E-state index in [1.807, 2.05) is 36.4 Å². The van der Waals surface area contributed by atoms with Crippen LogP contribution in [-0.2, 0) is 81.2 Å². The summed E-state index contributed by atoms with van der Waals surface area (Å²) in [7, 11) is 0. The van der Waals surface area contributed by atoms with Gasteiger partial charge in [-0.3, -0.25) is 0 Å². The number of carbonyl (C=O) groups is 5. The molecule has 23 nitrogen and oxygen atoms in total. The van der Waals surface area contributed by atoms with E-state index in [4.69, 9.17) is 85.3 Å². The van der Waals surface area contributed by atoms with E-state index in [2.05, 4.69) is 32.6 Å². The molecule has 0 N–H and O–H groups in total. The van der Waals surface area contributed by atoms with Crippen molar-refractivity contribution in [2.75, 3.05) is 106 Å². The Hall–Kier alpha value is -6.43. The van der Waals surface area contributed by atoms with Gasteiger partial charge in [0.25, 0.3) is 5.95 Å². The van der Waals surface area contributed by atoms with Crippen LogP contribution in [0, 0.1) is 5.41 Å². The topological polar surface area (TPSA) is 251 Å². The molecule has 0 saturated carbocycles. The summed E-state index contributed by atoms with van der Waals surface area (Å²) >= 11 is 0. The molecule has 0 aliphatic carbocycles. The SMILES string of the molecule is C=C1OCC(COc2ccc(C(C)(C)c3ccc(OCC4COC(=O)O4)cc3)cc2)O1.O=C1OCC(COCC(COCC2COC(=O)O2)(COCC2COC(=O)O2)COCC2COC(=O)O2)O1. The Morgan fingerprint density at radius 2 is 0.706 bits per heavy atom. The van der Waals surface area contributed by atoms with Gasteiger partial charge in [0.1, 0.15) is 64.4 Å². The van der Waals surface area contributed by atoms with E-state index < -0.39 is 60.6 Å². The highest BCUT2D eigenvalue weighted by Gasteiger charge is 2.37. The van der Waals surface area contributed by atoms with Crippen molar-refractivity contribution in [3.63, 3.8) is 0 Å². The van der Waals surface area contributed by atoms with Gasteiger partial charge in [-0.25, -0.2) is 24.0 Å². The highest BCUT2D eigenvalue weighted by Crippen LogP contribution is 2.34. The van der Waals surface area contributed by atoms with Crippen LogP contribution in [0.5, 0.6) is 11.5 Å². The van der Waals surface area contributed by atoms with E-state index in [0.29, 0.717) is 24.9 Å². The lowest BCUT2D eigenvalue weighted by atomic mass is 9.78. The first-order chi connectivity index (χ1) is 32.8. The molecule has 6 saturated heterocycles. The summed E-state index contributed by atoms with van der Waals surface area (Å²) in [6.45, 7) is 9.87. The molecular formula is C45H54O23. The third-order valence-corrected chi connectivity index (χ3v) is 10.8. The minimum absolute atomic E-state index is 0.0317. The Morgan fingerprint density at radius 3 is 0.971 bits per heavy atom. The zero-order valence-electron chi connectivity index (χ0n) is 37.5. The molecule has 0 aromatic heterocycles. The Morgan fingerprint density at radius 1 is 0.426 bits per heavy atom. The molecule has 6 heterocycles. The number of rotatable bonds is 24. The van der Waals surface area contributed by atoms with Crippen molar-refractivity contribution < 1.29 is 109 Å². The second-order valence-corrected chi connectivity index (χ2v) is 16.8. The van der Waals surface area contributed by atoms with Gasteiger partial charge in [-0.2, -0.15) is 0 Å². The van der Waals surface area contributed by atoms with Gasteiger partial charge < -0.3 is 85.3 Å². The molecule has 8 rings (SSSR count). The van der Waals surface area contributed by atoms with Crippen LogP contribution in [0.3, 0.4) is 0 Å². The second kappa shape index (κ2) is 23.5. The van der Waals surface area contributed by atoms with E-state index in [-0.39, 0.29) is 110 Å². The Labute approximate surface area is 390 Å². The molecule has 6 fully saturated rings. The standard InChI is InChI=1S/C24H26O7.C21H28O16/c1-16-26-12-21(30-16)13-27-19-8-4-17(5-9-19)24(2,3)18-6-10-20(11-7-18)28-14-22-15-29-23(25)31-22;22-17-30-5-13(34-17)1-26-9-21(10-27-2-14-6-31-18(23)35-14,11-28-3-15-7-32-19(24)36-15)12-29-4-16-8-33-20(25)37-16/h4-11,21-22H,1,12-15H2,2-3H3;13-16H,1-12H2. The van der Waals surface area contributed by atoms with Crippen molar-refractivity contribution >= 4 is 30.8 Å². The summed E-state index contributed by atoms with van der Waals surface area (Å²) in [4.78, 5) is 55.7. The van der Waals surface area contributed by atoms with Crippen molar-refractivity contribution in [1.29, 1.82) is 0 Å². The summed E-state index contributed by atoms with van der Waals surface area (Å²) < 4.78 is 94.1. The van der Waals surface area contributed by atoms with Crippen LogP contribution in [0.25, 0.3) is 0 Å². The molecule has 6 unspecified atom stereocenters. The molecule has 2 aromatic rings. The van der Waals surface area contributed by atoms with Gasteiger partial charge in [0, 0.05) is 5.41 Å². The smallest absolute Gasteiger partial charge is 0.490 e. The van der Waals surface area contributed by atoms with Crippen LogP contribution >= 0.6 is 0 Å². The number of hydrogen-bond donors (Lipinski definition) is 0. The molecule has 372 valence electrons. The maximum Gasteiger partial charge on any atom is 0.508 e. The van der Waals surface area contributed by atoms with Crippen molar-refractivity contribution in [3.8, 4) is 11.5 Å². The maximum atomic E-state index is 11.2. The van der Waals surface area contributed by atoms with Gasteiger partial charge >= 0.3 is 30.8 Å². The van der Waals surface area contributed by atoms with E-state index in [9.17, 15) is 24.0 Å². The molecule has 6 aliphatic rings. The first kappa shape index (κ1) is 49.5. The molecule has 0 bridgehead atoms. The van der Waals surface area contributed by atoms with Crippen molar-refractivity contribution in [1.82, 2.24) is 0 Å². The lowest BCUT2D eigenvalue weighted by Gasteiger charge is -2.33. The highest BCUT2D eigenvalue weighted by atomic mass is 16.8. The predicted octanol–water partition coefficient (Wildman–Crippen LogP) is 4.37. The van der Waals surface area contributed by atoms with Crippen LogP contribution < -0.4 is 9.47 Å². The molecule has 0 radical (unpaired) electrons. The molecule has 0 amide bonds.